The summed E-state index contributed by atoms with van der Waals surface area (Å²) >= 11 is 1.11. The Morgan fingerprint density at radius 3 is 2.92 bits per heavy atom. The minimum absolute atomic E-state index is 0.0951. The minimum Gasteiger partial charge on any atom is -0.492 e. The normalized spacial score (nSPS) is 10.5. The summed E-state index contributed by atoms with van der Waals surface area (Å²) < 4.78 is 0.403. The maximum absolute atomic E-state index is 10.7. The van der Waals surface area contributed by atoms with Crippen LogP contribution >= 0.6 is 11.3 Å². The van der Waals surface area contributed by atoms with Crippen LogP contribution in [0.5, 0.6) is 5.88 Å². The van der Waals surface area contributed by atoms with Crippen molar-refractivity contribution in [2.24, 2.45) is 0 Å². The highest BCUT2D eigenvalue weighted by Crippen LogP contribution is 2.29. The molecule has 0 bridgehead atoms. The Bertz CT molecular complexity index is 480. The Balaban J connectivity index is 2.83. The quantitative estimate of drug-likeness (QED) is 0.713. The molecule has 0 saturated carbocycles. The molecule has 0 aliphatic carbocycles. The lowest BCUT2D eigenvalue weighted by Crippen LogP contribution is -1.94. The molecule has 0 fully saturated rings. The zero-order valence-corrected chi connectivity index (χ0v) is 7.08. The predicted molar refractivity (Wildman–Crippen MR) is 46.0 cm³/mol. The van der Waals surface area contributed by atoms with Crippen LogP contribution < -0.4 is 0 Å². The van der Waals surface area contributed by atoms with Crippen molar-refractivity contribution in [1.82, 2.24) is 9.97 Å². The number of hydrogen-bond acceptors (Lipinski definition) is 5. The minimum atomic E-state index is -1.05. The van der Waals surface area contributed by atoms with Crippen LogP contribution in [-0.2, 0) is 0 Å². The Labute approximate surface area is 76.3 Å². The molecule has 0 amide bonds. The van der Waals surface area contributed by atoms with E-state index in [4.69, 9.17) is 5.11 Å². The molecule has 0 unspecified atom stereocenters. The molecule has 0 saturated heterocycles. The Kier molecular flexibility index (Phi) is 1.63. The van der Waals surface area contributed by atoms with Crippen LogP contribution in [0, 0.1) is 0 Å². The lowest BCUT2D eigenvalue weighted by Gasteiger charge is -1.92. The summed E-state index contributed by atoms with van der Waals surface area (Å²) in [6.45, 7) is 0. The number of nitrogens with zero attached hydrogens (tertiary/aromatic N) is 2. The number of fused-ring (bicyclic) bond motifs is 1. The van der Waals surface area contributed by atoms with Gasteiger partial charge in [-0.15, -0.1) is 11.3 Å². The van der Waals surface area contributed by atoms with Crippen LogP contribution in [0.2, 0.25) is 0 Å². The highest BCUT2D eigenvalue weighted by molar-refractivity contribution is 7.17. The number of carboxylic acid groups (broad SMARTS) is 1. The van der Waals surface area contributed by atoms with Gasteiger partial charge in [-0.25, -0.2) is 14.8 Å². The first-order valence-electron chi connectivity index (χ1n) is 3.34. The fourth-order valence-electron chi connectivity index (χ4n) is 0.990. The molecule has 5 nitrogen and oxygen atoms in total. The van der Waals surface area contributed by atoms with Gasteiger partial charge in [0.1, 0.15) is 16.5 Å². The number of aromatic carboxylic acids is 1. The van der Waals surface area contributed by atoms with Crippen molar-refractivity contribution < 1.29 is 15.0 Å². The zero-order chi connectivity index (χ0) is 9.42. The first-order valence-corrected chi connectivity index (χ1v) is 4.22. The number of thiophene rings is 1. The third kappa shape index (κ3) is 1.11. The number of aromatic nitrogens is 2. The van der Waals surface area contributed by atoms with Gasteiger partial charge in [0.05, 0.1) is 5.56 Å². The van der Waals surface area contributed by atoms with Crippen LogP contribution in [0.25, 0.3) is 10.2 Å². The largest absolute Gasteiger partial charge is 0.492 e. The van der Waals surface area contributed by atoms with E-state index >= 15 is 0 Å². The van der Waals surface area contributed by atoms with Crippen molar-refractivity contribution in [3.63, 3.8) is 0 Å². The molecule has 0 radical (unpaired) electrons. The van der Waals surface area contributed by atoms with E-state index in [0.29, 0.717) is 4.70 Å². The second kappa shape index (κ2) is 2.67. The molecule has 2 rings (SSSR count). The van der Waals surface area contributed by atoms with Crippen molar-refractivity contribution in [2.45, 2.75) is 0 Å². The smallest absolute Gasteiger partial charge is 0.338 e. The molecule has 0 atom stereocenters. The van der Waals surface area contributed by atoms with Crippen molar-refractivity contribution in [3.8, 4) is 5.88 Å². The number of hydrogen-bond donors (Lipinski definition) is 2. The molecular weight excluding hydrogens is 192 g/mol. The van der Waals surface area contributed by atoms with E-state index in [2.05, 4.69) is 9.97 Å². The number of carboxylic acids is 1. The maximum atomic E-state index is 10.7. The molecule has 0 spiro atoms. The molecule has 0 aliphatic rings. The second-order valence-corrected chi connectivity index (χ2v) is 3.21. The molecule has 0 aliphatic heterocycles. The fourth-order valence-corrected chi connectivity index (χ4v) is 1.87. The summed E-state index contributed by atoms with van der Waals surface area (Å²) in [4.78, 5) is 18.0. The molecule has 2 aromatic heterocycles. The Hall–Kier alpha value is -1.69. The standard InChI is InChI=1S/C7H4N2O3S/c10-6-5-4(8-2-9-6)3(1-13-5)7(11)12/h1-2H,(H,11,12)(H,8,9,10). The average molecular weight is 196 g/mol. The first-order chi connectivity index (χ1) is 6.20. The molecular formula is C7H4N2O3S. The van der Waals surface area contributed by atoms with Gasteiger partial charge in [-0.2, -0.15) is 0 Å². The second-order valence-electron chi connectivity index (χ2n) is 2.33. The molecule has 2 heterocycles. The average Bonchev–Trinajstić information content (AvgIpc) is 2.48. The monoisotopic (exact) mass is 196 g/mol. The topological polar surface area (TPSA) is 83.3 Å². The van der Waals surface area contributed by atoms with Gasteiger partial charge in [0, 0.05) is 5.38 Å². The van der Waals surface area contributed by atoms with Gasteiger partial charge in [-0.05, 0) is 0 Å². The summed E-state index contributed by atoms with van der Waals surface area (Å²) in [6, 6.07) is 0. The van der Waals surface area contributed by atoms with E-state index in [0.717, 1.165) is 17.7 Å². The molecule has 2 N–H and O–H groups in total. The van der Waals surface area contributed by atoms with E-state index in [1.165, 1.54) is 5.38 Å². The number of rotatable bonds is 1. The molecule has 6 heteroatoms. The zero-order valence-electron chi connectivity index (χ0n) is 6.26. The van der Waals surface area contributed by atoms with Gasteiger partial charge < -0.3 is 10.2 Å². The van der Waals surface area contributed by atoms with Gasteiger partial charge in [0.2, 0.25) is 5.88 Å². The molecule has 0 aromatic carbocycles. The maximum Gasteiger partial charge on any atom is 0.338 e. The van der Waals surface area contributed by atoms with Crippen LogP contribution in [-0.4, -0.2) is 26.2 Å². The van der Waals surface area contributed by atoms with E-state index in [9.17, 15) is 9.90 Å². The van der Waals surface area contributed by atoms with Crippen molar-refractivity contribution in [3.05, 3.63) is 17.3 Å². The van der Waals surface area contributed by atoms with Crippen molar-refractivity contribution >= 4 is 27.5 Å². The van der Waals surface area contributed by atoms with Gasteiger partial charge in [-0.1, -0.05) is 0 Å². The van der Waals surface area contributed by atoms with Gasteiger partial charge >= 0.3 is 5.97 Å². The van der Waals surface area contributed by atoms with Gasteiger partial charge in [-0.3, -0.25) is 0 Å². The summed E-state index contributed by atoms with van der Waals surface area (Å²) in [5.74, 6) is -1.23. The van der Waals surface area contributed by atoms with Crippen molar-refractivity contribution in [1.29, 1.82) is 0 Å². The predicted octanol–water partition coefficient (Wildman–Crippen LogP) is 1.10. The third-order valence-electron chi connectivity index (χ3n) is 1.57. The van der Waals surface area contributed by atoms with Crippen LogP contribution in [0.3, 0.4) is 0 Å². The highest BCUT2D eigenvalue weighted by Gasteiger charge is 2.14. The first kappa shape index (κ1) is 7.93. The van der Waals surface area contributed by atoms with Crippen LogP contribution in [0.1, 0.15) is 10.4 Å². The van der Waals surface area contributed by atoms with Crippen LogP contribution in [0.15, 0.2) is 11.7 Å². The SMILES string of the molecule is O=C(O)c1csc2c(O)ncnc12. The third-order valence-corrected chi connectivity index (χ3v) is 2.53. The van der Waals surface area contributed by atoms with Crippen LogP contribution in [0.4, 0.5) is 0 Å². The Morgan fingerprint density at radius 2 is 2.23 bits per heavy atom. The molecule has 66 valence electrons. The lowest BCUT2D eigenvalue weighted by molar-refractivity contribution is 0.0699. The lowest BCUT2D eigenvalue weighted by atomic mass is 10.3. The Morgan fingerprint density at radius 1 is 1.46 bits per heavy atom. The summed E-state index contributed by atoms with van der Waals surface area (Å²) in [5, 5.41) is 19.4. The summed E-state index contributed by atoms with van der Waals surface area (Å²) in [6.07, 6.45) is 1.14. The van der Waals surface area contributed by atoms with E-state index < -0.39 is 5.97 Å². The number of carbonyl (C=O) groups is 1. The van der Waals surface area contributed by atoms with Crippen molar-refractivity contribution in [2.75, 3.05) is 0 Å². The summed E-state index contributed by atoms with van der Waals surface area (Å²) in [7, 11) is 0. The molecule has 2 aromatic rings. The van der Waals surface area contributed by atoms with E-state index in [-0.39, 0.29) is 17.0 Å². The van der Waals surface area contributed by atoms with E-state index in [1.54, 1.807) is 0 Å². The number of aromatic hydroxyl groups is 1. The van der Waals surface area contributed by atoms with Gasteiger partial charge in [0.15, 0.2) is 0 Å². The summed E-state index contributed by atoms with van der Waals surface area (Å²) in [5.41, 5.74) is 0.378. The van der Waals surface area contributed by atoms with Gasteiger partial charge in [0.25, 0.3) is 0 Å². The fraction of sp³-hybridized carbons (Fsp3) is 0. The molecule has 13 heavy (non-hydrogen) atoms. The highest BCUT2D eigenvalue weighted by atomic mass is 32.1. The van der Waals surface area contributed by atoms with E-state index in [1.807, 2.05) is 0 Å².